The number of aryl methyl sites for hydroxylation is 1. The first-order valence-electron chi connectivity index (χ1n) is 17.1. The maximum absolute atomic E-state index is 13.8. The number of aromatic nitrogens is 2. The Morgan fingerprint density at radius 1 is 1.00 bits per heavy atom. The van der Waals surface area contributed by atoms with E-state index in [4.69, 9.17) is 25.7 Å². The Labute approximate surface area is 292 Å². The summed E-state index contributed by atoms with van der Waals surface area (Å²) in [5.74, 6) is 0.279. The van der Waals surface area contributed by atoms with E-state index < -0.39 is 5.91 Å². The molecule has 1 unspecified atom stereocenters. The van der Waals surface area contributed by atoms with Crippen LogP contribution in [0.15, 0.2) is 89.2 Å². The molecule has 50 heavy (non-hydrogen) atoms. The van der Waals surface area contributed by atoms with Gasteiger partial charge in [-0.1, -0.05) is 43.3 Å². The van der Waals surface area contributed by atoms with E-state index in [1.54, 1.807) is 30.7 Å². The van der Waals surface area contributed by atoms with E-state index in [2.05, 4.69) is 22.2 Å². The summed E-state index contributed by atoms with van der Waals surface area (Å²) in [6.07, 6.45) is 11.1. The number of anilines is 2. The largest absolute Gasteiger partial charge is 0.404 e. The molecule has 2 aromatic carbocycles. The monoisotopic (exact) mass is 676 g/mol. The van der Waals surface area contributed by atoms with Crippen molar-refractivity contribution in [3.05, 3.63) is 106 Å². The molecule has 0 spiro atoms. The highest BCUT2D eigenvalue weighted by Crippen LogP contribution is 2.29. The topological polar surface area (TPSA) is 156 Å². The number of allylic oxidation sites excluding steroid dienone is 1. The van der Waals surface area contributed by atoms with E-state index in [-0.39, 0.29) is 17.1 Å². The minimum atomic E-state index is -0.471. The lowest BCUT2D eigenvalue weighted by atomic mass is 9.99. The van der Waals surface area contributed by atoms with Crippen LogP contribution in [0.1, 0.15) is 41.3 Å². The van der Waals surface area contributed by atoms with E-state index in [0.29, 0.717) is 67.0 Å². The Morgan fingerprint density at radius 2 is 1.74 bits per heavy atom. The minimum absolute atomic E-state index is 0.0851. The highest BCUT2D eigenvalue weighted by Gasteiger charge is 2.20. The molecule has 2 aliphatic heterocycles. The average Bonchev–Trinajstić information content (AvgIpc) is 3.15. The van der Waals surface area contributed by atoms with Gasteiger partial charge in [0.05, 0.1) is 26.4 Å². The molecule has 11 nitrogen and oxygen atoms in total. The Morgan fingerprint density at radius 3 is 2.44 bits per heavy atom. The van der Waals surface area contributed by atoms with Gasteiger partial charge in [-0.3, -0.25) is 14.6 Å². The van der Waals surface area contributed by atoms with Gasteiger partial charge in [-0.05, 0) is 60.1 Å². The van der Waals surface area contributed by atoms with Crippen LogP contribution in [0.5, 0.6) is 0 Å². The molecule has 5 N–H and O–H groups in total. The van der Waals surface area contributed by atoms with Crippen LogP contribution in [-0.2, 0) is 27.2 Å². The van der Waals surface area contributed by atoms with Crippen molar-refractivity contribution in [2.45, 2.75) is 38.8 Å². The van der Waals surface area contributed by atoms with Crippen LogP contribution in [0.3, 0.4) is 0 Å². The number of nitrogens with two attached hydrogens (primary N) is 2. The number of benzene rings is 2. The first kappa shape index (κ1) is 34.8. The quantitative estimate of drug-likeness (QED) is 0.184. The van der Waals surface area contributed by atoms with Crippen LogP contribution in [0.2, 0.25) is 0 Å². The van der Waals surface area contributed by atoms with Crippen LogP contribution in [-0.4, -0.2) is 67.4 Å². The number of ether oxygens (including phenoxy) is 3. The minimum Gasteiger partial charge on any atom is -0.404 e. The smallest absolute Gasteiger partial charge is 0.261 e. The van der Waals surface area contributed by atoms with E-state index in [1.807, 2.05) is 53.2 Å². The SMILES string of the molecule is CCc1ccc(-c2cn(CC3CCOCC3)cc(C(=O)Nc3ccc(-c4cc(C(C=NCC5COCCO5)=CN)cnc4N)cc3)c2=O)cc1. The zero-order valence-corrected chi connectivity index (χ0v) is 28.3. The lowest BCUT2D eigenvalue weighted by molar-refractivity contribution is -0.0832. The Balaban J connectivity index is 1.21. The van der Waals surface area contributed by atoms with Crippen molar-refractivity contribution < 1.29 is 19.0 Å². The van der Waals surface area contributed by atoms with E-state index in [9.17, 15) is 9.59 Å². The first-order chi connectivity index (χ1) is 24.4. The summed E-state index contributed by atoms with van der Waals surface area (Å²) in [6.45, 7) is 6.36. The maximum Gasteiger partial charge on any atom is 0.261 e. The van der Waals surface area contributed by atoms with Gasteiger partial charge < -0.3 is 35.6 Å². The molecule has 0 aliphatic carbocycles. The number of aliphatic imine (C=N–C) groups is 1. The van der Waals surface area contributed by atoms with Gasteiger partial charge in [-0.2, -0.15) is 0 Å². The van der Waals surface area contributed by atoms with E-state index >= 15 is 0 Å². The molecule has 4 aromatic rings. The molecule has 1 atom stereocenters. The normalized spacial score (nSPS) is 17.2. The predicted molar refractivity (Wildman–Crippen MR) is 197 cm³/mol. The number of carbonyl (C=O) groups excluding carboxylic acids is 1. The van der Waals surface area contributed by atoms with Crippen LogP contribution in [0.25, 0.3) is 27.8 Å². The van der Waals surface area contributed by atoms with Gasteiger partial charge >= 0.3 is 0 Å². The molecule has 1 amide bonds. The number of nitrogens with one attached hydrogen (secondary N) is 1. The number of nitrogen functional groups attached to an aromatic ring is 1. The molecule has 0 radical (unpaired) electrons. The van der Waals surface area contributed by atoms with Crippen molar-refractivity contribution in [2.24, 2.45) is 16.6 Å². The molecule has 11 heteroatoms. The van der Waals surface area contributed by atoms with Crippen LogP contribution in [0.4, 0.5) is 11.5 Å². The standard InChI is InChI=1S/C39H44N6O5/c1-2-26-3-5-29(6-4-26)35-23-45(22-27-11-13-48-14-12-27)24-36(37(35)46)39(47)44-32-9-7-28(8-10-32)34-17-30(20-43-38(34)41)31(18-40)19-42-21-33-25-49-15-16-50-33/h3-10,17-20,23-24,27,33H,2,11-16,21-22,25,40H2,1H3,(H2,41,43)(H,44,47). The van der Waals surface area contributed by atoms with Crippen molar-refractivity contribution in [3.63, 3.8) is 0 Å². The second-order valence-corrected chi connectivity index (χ2v) is 12.6. The third-order valence-corrected chi connectivity index (χ3v) is 9.12. The van der Waals surface area contributed by atoms with Gasteiger partial charge in [0.25, 0.3) is 5.91 Å². The van der Waals surface area contributed by atoms with Crippen molar-refractivity contribution in [1.29, 1.82) is 0 Å². The summed E-state index contributed by atoms with van der Waals surface area (Å²) in [4.78, 5) is 36.4. The molecule has 2 fully saturated rings. The number of hydrogen-bond donors (Lipinski definition) is 3. The van der Waals surface area contributed by atoms with Gasteiger partial charge in [-0.15, -0.1) is 0 Å². The van der Waals surface area contributed by atoms with Crippen LogP contribution >= 0.6 is 0 Å². The lowest BCUT2D eigenvalue weighted by Gasteiger charge is -2.23. The molecule has 0 bridgehead atoms. The van der Waals surface area contributed by atoms with Crippen LogP contribution in [0, 0.1) is 5.92 Å². The maximum atomic E-state index is 13.8. The molecule has 260 valence electrons. The Bertz CT molecular complexity index is 1890. The first-order valence-corrected chi connectivity index (χ1v) is 17.1. The van der Waals surface area contributed by atoms with Crippen molar-refractivity contribution in [3.8, 4) is 22.3 Å². The van der Waals surface area contributed by atoms with Crippen molar-refractivity contribution >= 4 is 29.2 Å². The predicted octanol–water partition coefficient (Wildman–Crippen LogP) is 5.19. The Kier molecular flexibility index (Phi) is 11.5. The van der Waals surface area contributed by atoms with Gasteiger partial charge in [-0.25, -0.2) is 4.98 Å². The molecule has 2 aliphatic rings. The summed E-state index contributed by atoms with van der Waals surface area (Å²) >= 11 is 0. The molecular weight excluding hydrogens is 632 g/mol. The molecular formula is C39H44N6O5. The molecule has 6 rings (SSSR count). The summed E-state index contributed by atoms with van der Waals surface area (Å²) in [7, 11) is 0. The summed E-state index contributed by atoms with van der Waals surface area (Å²) < 4.78 is 18.6. The van der Waals surface area contributed by atoms with Gasteiger partial charge in [0.1, 0.15) is 17.5 Å². The fourth-order valence-electron chi connectivity index (χ4n) is 6.17. The molecule has 2 aromatic heterocycles. The summed E-state index contributed by atoms with van der Waals surface area (Å²) in [5, 5.41) is 2.93. The summed E-state index contributed by atoms with van der Waals surface area (Å²) in [5.41, 5.74) is 18.0. The number of rotatable bonds is 11. The zero-order valence-electron chi connectivity index (χ0n) is 28.3. The van der Waals surface area contributed by atoms with Crippen LogP contribution < -0.4 is 22.2 Å². The highest BCUT2D eigenvalue weighted by molar-refractivity contribution is 6.10. The summed E-state index contributed by atoms with van der Waals surface area (Å²) in [6, 6.07) is 17.1. The third-order valence-electron chi connectivity index (χ3n) is 9.12. The second kappa shape index (κ2) is 16.5. The van der Waals surface area contributed by atoms with Gasteiger partial charge in [0.2, 0.25) is 5.43 Å². The van der Waals surface area contributed by atoms with Crippen molar-refractivity contribution in [2.75, 3.05) is 50.6 Å². The number of carbonyl (C=O) groups is 1. The molecule has 4 heterocycles. The lowest BCUT2D eigenvalue weighted by Crippen LogP contribution is -2.30. The van der Waals surface area contributed by atoms with Gasteiger partial charge in [0, 0.05) is 78.7 Å². The average molecular weight is 677 g/mol. The number of hydrogen-bond acceptors (Lipinski definition) is 9. The highest BCUT2D eigenvalue weighted by atomic mass is 16.6. The van der Waals surface area contributed by atoms with E-state index in [1.165, 1.54) is 11.8 Å². The molecule has 2 saturated heterocycles. The second-order valence-electron chi connectivity index (χ2n) is 12.6. The fraction of sp³-hybridized carbons (Fsp3) is 0.333. The van der Waals surface area contributed by atoms with E-state index in [0.717, 1.165) is 49.2 Å². The number of nitrogens with zero attached hydrogens (tertiary/aromatic N) is 3. The number of pyridine rings is 2. The fourth-order valence-corrected chi connectivity index (χ4v) is 6.17. The zero-order chi connectivity index (χ0) is 34.9. The Hall–Kier alpha value is -5.10. The number of amides is 1. The van der Waals surface area contributed by atoms with Crippen molar-refractivity contribution in [1.82, 2.24) is 9.55 Å². The third kappa shape index (κ3) is 8.54. The molecule has 0 saturated carbocycles. The van der Waals surface area contributed by atoms with Gasteiger partial charge in [0.15, 0.2) is 0 Å².